The Labute approximate surface area is 78.6 Å². The molecule has 1 aromatic carbocycles. The normalized spacial score (nSPS) is 12.8. The second kappa shape index (κ2) is 4.84. The molecule has 1 unspecified atom stereocenters. The molecule has 0 aliphatic heterocycles. The summed E-state index contributed by atoms with van der Waals surface area (Å²) < 4.78 is 0. The highest BCUT2D eigenvalue weighted by atomic mass is 16.3. The van der Waals surface area contributed by atoms with Crippen molar-refractivity contribution in [2.45, 2.75) is 13.0 Å². The van der Waals surface area contributed by atoms with Crippen molar-refractivity contribution in [3.05, 3.63) is 29.8 Å². The van der Waals surface area contributed by atoms with Crippen molar-refractivity contribution in [3.8, 4) is 0 Å². The monoisotopic (exact) mass is 180 g/mol. The zero-order chi connectivity index (χ0) is 9.68. The van der Waals surface area contributed by atoms with Crippen LogP contribution in [0.3, 0.4) is 0 Å². The van der Waals surface area contributed by atoms with Gasteiger partial charge in [-0.1, -0.05) is 19.1 Å². The fourth-order valence-corrected chi connectivity index (χ4v) is 1.17. The van der Waals surface area contributed by atoms with Gasteiger partial charge in [0.15, 0.2) is 0 Å². The van der Waals surface area contributed by atoms with Crippen molar-refractivity contribution in [1.29, 1.82) is 0 Å². The van der Waals surface area contributed by atoms with Crippen molar-refractivity contribution in [3.63, 3.8) is 0 Å². The number of nitrogens with two attached hydrogens (primary N) is 1. The largest absolute Gasteiger partial charge is 0.399 e. The maximum Gasteiger partial charge on any atom is 0.0915 e. The average molecular weight is 180 g/mol. The summed E-state index contributed by atoms with van der Waals surface area (Å²) in [5.41, 5.74) is 7.14. The lowest BCUT2D eigenvalue weighted by Gasteiger charge is -2.11. The Balaban J connectivity index is 2.60. The van der Waals surface area contributed by atoms with Crippen LogP contribution in [0.5, 0.6) is 0 Å². The lowest BCUT2D eigenvalue weighted by atomic mass is 10.1. The van der Waals surface area contributed by atoms with Gasteiger partial charge < -0.3 is 16.2 Å². The van der Waals surface area contributed by atoms with Crippen LogP contribution in [0.2, 0.25) is 0 Å². The molecule has 0 radical (unpaired) electrons. The zero-order valence-corrected chi connectivity index (χ0v) is 7.83. The zero-order valence-electron chi connectivity index (χ0n) is 7.83. The number of hydrogen-bond acceptors (Lipinski definition) is 3. The number of nitrogen functional groups attached to an aromatic ring is 1. The van der Waals surface area contributed by atoms with Crippen LogP contribution >= 0.6 is 0 Å². The first-order valence-corrected chi connectivity index (χ1v) is 4.48. The van der Waals surface area contributed by atoms with E-state index in [0.29, 0.717) is 12.2 Å². The van der Waals surface area contributed by atoms with E-state index in [1.807, 2.05) is 25.1 Å². The molecule has 0 saturated heterocycles. The quantitative estimate of drug-likeness (QED) is 0.604. The van der Waals surface area contributed by atoms with Crippen LogP contribution in [0.4, 0.5) is 5.69 Å². The molecule has 13 heavy (non-hydrogen) atoms. The lowest BCUT2D eigenvalue weighted by Crippen LogP contribution is -2.20. The van der Waals surface area contributed by atoms with Gasteiger partial charge in [0.2, 0.25) is 0 Å². The number of likely N-dealkylation sites (N-methyl/N-ethyl adjacent to an activating group) is 1. The number of aliphatic hydroxyl groups is 1. The maximum absolute atomic E-state index is 9.66. The van der Waals surface area contributed by atoms with E-state index in [9.17, 15) is 5.11 Å². The van der Waals surface area contributed by atoms with Crippen LogP contribution in [0.25, 0.3) is 0 Å². The highest BCUT2D eigenvalue weighted by Gasteiger charge is 2.05. The molecule has 0 aliphatic carbocycles. The molecule has 4 N–H and O–H groups in total. The Kier molecular flexibility index (Phi) is 3.73. The van der Waals surface area contributed by atoms with E-state index in [0.717, 1.165) is 12.1 Å². The Morgan fingerprint density at radius 1 is 1.54 bits per heavy atom. The van der Waals surface area contributed by atoms with Crippen LogP contribution in [0, 0.1) is 0 Å². The van der Waals surface area contributed by atoms with Crippen molar-refractivity contribution < 1.29 is 5.11 Å². The van der Waals surface area contributed by atoms with E-state index in [1.165, 1.54) is 0 Å². The molecule has 72 valence electrons. The Morgan fingerprint density at radius 3 is 2.92 bits per heavy atom. The molecule has 1 rings (SSSR count). The summed E-state index contributed by atoms with van der Waals surface area (Å²) in [4.78, 5) is 0. The molecular weight excluding hydrogens is 164 g/mol. The molecule has 0 heterocycles. The van der Waals surface area contributed by atoms with Crippen LogP contribution in [0.1, 0.15) is 18.6 Å². The van der Waals surface area contributed by atoms with Gasteiger partial charge in [-0.15, -0.1) is 0 Å². The molecule has 0 amide bonds. The summed E-state index contributed by atoms with van der Waals surface area (Å²) in [6, 6.07) is 7.32. The highest BCUT2D eigenvalue weighted by Crippen LogP contribution is 2.14. The second-order valence-corrected chi connectivity index (χ2v) is 2.99. The van der Waals surface area contributed by atoms with E-state index in [1.54, 1.807) is 6.07 Å². The smallest absolute Gasteiger partial charge is 0.0915 e. The standard InChI is InChI=1S/C10H16N2O/c1-2-12-7-10(13)8-4-3-5-9(11)6-8/h3-6,10,12-13H,2,7,11H2,1H3. The van der Waals surface area contributed by atoms with Gasteiger partial charge in [-0.3, -0.25) is 0 Å². The van der Waals surface area contributed by atoms with Crippen LogP contribution in [0.15, 0.2) is 24.3 Å². The van der Waals surface area contributed by atoms with Crippen LogP contribution in [-0.4, -0.2) is 18.2 Å². The molecule has 3 nitrogen and oxygen atoms in total. The third kappa shape index (κ3) is 3.05. The number of nitrogens with one attached hydrogen (secondary N) is 1. The van der Waals surface area contributed by atoms with Gasteiger partial charge in [-0.25, -0.2) is 0 Å². The maximum atomic E-state index is 9.66. The summed E-state index contributed by atoms with van der Waals surface area (Å²) in [6.07, 6.45) is -0.469. The average Bonchev–Trinajstić information content (AvgIpc) is 2.14. The Hall–Kier alpha value is -1.06. The fraction of sp³-hybridized carbons (Fsp3) is 0.400. The summed E-state index contributed by atoms with van der Waals surface area (Å²) in [6.45, 7) is 3.44. The lowest BCUT2D eigenvalue weighted by molar-refractivity contribution is 0.175. The molecule has 0 spiro atoms. The topological polar surface area (TPSA) is 58.3 Å². The van der Waals surface area contributed by atoms with E-state index in [2.05, 4.69) is 5.32 Å². The van der Waals surface area contributed by atoms with Crippen molar-refractivity contribution >= 4 is 5.69 Å². The molecule has 0 bridgehead atoms. The second-order valence-electron chi connectivity index (χ2n) is 2.99. The third-order valence-electron chi connectivity index (χ3n) is 1.88. The molecule has 1 atom stereocenters. The van der Waals surface area contributed by atoms with E-state index < -0.39 is 6.10 Å². The molecular formula is C10H16N2O. The summed E-state index contributed by atoms with van der Waals surface area (Å²) in [7, 11) is 0. The molecule has 1 aromatic rings. The van der Waals surface area contributed by atoms with Crippen molar-refractivity contribution in [2.24, 2.45) is 0 Å². The number of rotatable bonds is 4. The highest BCUT2D eigenvalue weighted by molar-refractivity contribution is 5.41. The molecule has 0 aliphatic rings. The first-order chi connectivity index (χ1) is 6.24. The van der Waals surface area contributed by atoms with Gasteiger partial charge in [0.05, 0.1) is 6.10 Å². The Bertz CT molecular complexity index is 263. The van der Waals surface area contributed by atoms with Gasteiger partial charge in [-0.05, 0) is 24.2 Å². The summed E-state index contributed by atoms with van der Waals surface area (Å²) >= 11 is 0. The summed E-state index contributed by atoms with van der Waals surface area (Å²) in [5.74, 6) is 0. The van der Waals surface area contributed by atoms with Gasteiger partial charge in [0.25, 0.3) is 0 Å². The summed E-state index contributed by atoms with van der Waals surface area (Å²) in [5, 5.41) is 12.7. The minimum absolute atomic E-state index is 0.469. The van der Waals surface area contributed by atoms with Gasteiger partial charge in [0, 0.05) is 12.2 Å². The predicted octanol–water partition coefficient (Wildman–Crippen LogP) is 0.912. The van der Waals surface area contributed by atoms with E-state index in [-0.39, 0.29) is 0 Å². The molecule has 0 saturated carbocycles. The van der Waals surface area contributed by atoms with E-state index in [4.69, 9.17) is 5.73 Å². The first-order valence-electron chi connectivity index (χ1n) is 4.48. The first kappa shape index (κ1) is 10.0. The predicted molar refractivity (Wildman–Crippen MR) is 54.4 cm³/mol. The van der Waals surface area contributed by atoms with Crippen molar-refractivity contribution in [2.75, 3.05) is 18.8 Å². The van der Waals surface area contributed by atoms with E-state index >= 15 is 0 Å². The molecule has 3 heteroatoms. The molecule has 0 fully saturated rings. The number of aliphatic hydroxyl groups excluding tert-OH is 1. The Morgan fingerprint density at radius 2 is 2.31 bits per heavy atom. The van der Waals surface area contributed by atoms with Gasteiger partial charge in [-0.2, -0.15) is 0 Å². The minimum Gasteiger partial charge on any atom is -0.399 e. The van der Waals surface area contributed by atoms with Crippen molar-refractivity contribution in [1.82, 2.24) is 5.32 Å². The van der Waals surface area contributed by atoms with Crippen LogP contribution < -0.4 is 11.1 Å². The van der Waals surface area contributed by atoms with Gasteiger partial charge >= 0.3 is 0 Å². The van der Waals surface area contributed by atoms with Crippen LogP contribution in [-0.2, 0) is 0 Å². The molecule has 0 aromatic heterocycles. The third-order valence-corrected chi connectivity index (χ3v) is 1.88. The number of hydrogen-bond donors (Lipinski definition) is 3. The number of anilines is 1. The number of benzene rings is 1. The fourth-order valence-electron chi connectivity index (χ4n) is 1.17. The minimum atomic E-state index is -0.469. The SMILES string of the molecule is CCNCC(O)c1cccc(N)c1. The van der Waals surface area contributed by atoms with Gasteiger partial charge in [0.1, 0.15) is 0 Å².